The fourth-order valence-electron chi connectivity index (χ4n) is 3.28. The van der Waals surface area contributed by atoms with Gasteiger partial charge in [-0.15, -0.1) is 0 Å². The topological polar surface area (TPSA) is 59.2 Å². The largest absolute Gasteiger partial charge is 0.342 e. The van der Waals surface area contributed by atoms with Crippen molar-refractivity contribution in [3.8, 4) is 0 Å². The Kier molecular flexibility index (Phi) is 4.46. The van der Waals surface area contributed by atoms with Gasteiger partial charge in [-0.25, -0.2) is 0 Å². The first-order valence-corrected chi connectivity index (χ1v) is 8.17. The number of nitrogens with zero attached hydrogens (tertiary/aromatic N) is 3. The van der Waals surface area contributed by atoms with E-state index in [2.05, 4.69) is 36.1 Å². The maximum absolute atomic E-state index is 12.7. The van der Waals surface area contributed by atoms with Crippen LogP contribution in [-0.2, 0) is 11.2 Å². The molecule has 0 aliphatic carbocycles. The molecule has 1 atom stereocenters. The van der Waals surface area contributed by atoms with Crippen LogP contribution in [0.4, 0.5) is 0 Å². The molecule has 1 aliphatic rings. The predicted octanol–water partition coefficient (Wildman–Crippen LogP) is 2.94. The Morgan fingerprint density at radius 2 is 2.04 bits per heavy atom. The van der Waals surface area contributed by atoms with Crippen molar-refractivity contribution in [2.45, 2.75) is 46.0 Å². The zero-order valence-electron chi connectivity index (χ0n) is 14.0. The summed E-state index contributed by atoms with van der Waals surface area (Å²) in [6.45, 7) is 7.43. The number of aromatic nitrogens is 2. The smallest absolute Gasteiger partial charge is 0.231 e. The molecule has 1 amide bonds. The normalized spacial score (nSPS) is 18.2. The fourth-order valence-corrected chi connectivity index (χ4v) is 3.28. The van der Waals surface area contributed by atoms with E-state index in [0.717, 1.165) is 24.9 Å². The molecule has 5 heteroatoms. The molecular weight excluding hydrogens is 290 g/mol. The summed E-state index contributed by atoms with van der Waals surface area (Å²) < 4.78 is 5.29. The van der Waals surface area contributed by atoms with Gasteiger partial charge in [0.05, 0.1) is 12.3 Å². The predicted molar refractivity (Wildman–Crippen MR) is 87.2 cm³/mol. The molecule has 0 spiro atoms. The minimum atomic E-state index is 0.159. The number of amides is 1. The Morgan fingerprint density at radius 1 is 1.30 bits per heavy atom. The molecule has 5 nitrogen and oxygen atoms in total. The molecule has 0 radical (unpaired) electrons. The molecule has 0 bridgehead atoms. The summed E-state index contributed by atoms with van der Waals surface area (Å²) in [7, 11) is 0. The quantitative estimate of drug-likeness (QED) is 0.874. The van der Waals surface area contributed by atoms with Gasteiger partial charge in [0.25, 0.3) is 0 Å². The average molecular weight is 313 g/mol. The van der Waals surface area contributed by atoms with E-state index in [1.165, 1.54) is 11.1 Å². The minimum absolute atomic E-state index is 0.159. The minimum Gasteiger partial charge on any atom is -0.342 e. The number of carbonyl (C=O) groups is 1. The second kappa shape index (κ2) is 6.52. The number of hydrogen-bond acceptors (Lipinski definition) is 4. The van der Waals surface area contributed by atoms with Crippen molar-refractivity contribution in [1.29, 1.82) is 0 Å². The number of carbonyl (C=O) groups excluding carboxylic acids is 1. The molecule has 1 fully saturated rings. The lowest BCUT2D eigenvalue weighted by molar-refractivity contribution is -0.131. The van der Waals surface area contributed by atoms with Crippen LogP contribution in [0.5, 0.6) is 0 Å². The fraction of sp³-hybridized carbons (Fsp3) is 0.500. The van der Waals surface area contributed by atoms with E-state index in [9.17, 15) is 4.79 Å². The summed E-state index contributed by atoms with van der Waals surface area (Å²) in [6, 6.07) is 6.17. The second-order valence-electron chi connectivity index (χ2n) is 6.41. The molecule has 2 aromatic rings. The Balaban J connectivity index is 1.70. The molecule has 1 aromatic heterocycles. The van der Waals surface area contributed by atoms with E-state index in [0.29, 0.717) is 24.7 Å². The second-order valence-corrected chi connectivity index (χ2v) is 6.41. The monoisotopic (exact) mass is 313 g/mol. The van der Waals surface area contributed by atoms with Crippen molar-refractivity contribution >= 4 is 5.91 Å². The number of benzene rings is 1. The Morgan fingerprint density at radius 3 is 2.70 bits per heavy atom. The van der Waals surface area contributed by atoms with E-state index in [4.69, 9.17) is 4.52 Å². The van der Waals surface area contributed by atoms with Crippen LogP contribution in [0.15, 0.2) is 22.7 Å². The van der Waals surface area contributed by atoms with Crippen molar-refractivity contribution in [2.24, 2.45) is 0 Å². The summed E-state index contributed by atoms with van der Waals surface area (Å²) in [5.74, 6) is 1.65. The van der Waals surface area contributed by atoms with Crippen molar-refractivity contribution in [3.63, 3.8) is 0 Å². The van der Waals surface area contributed by atoms with Crippen LogP contribution in [0.1, 0.15) is 47.2 Å². The van der Waals surface area contributed by atoms with Gasteiger partial charge in [0, 0.05) is 13.1 Å². The molecule has 1 unspecified atom stereocenters. The van der Waals surface area contributed by atoms with Gasteiger partial charge in [0.1, 0.15) is 0 Å². The third-order valence-electron chi connectivity index (χ3n) is 4.64. The summed E-state index contributed by atoms with van der Waals surface area (Å²) >= 11 is 0. The van der Waals surface area contributed by atoms with Gasteiger partial charge < -0.3 is 9.42 Å². The Labute approximate surface area is 136 Å². The Hall–Kier alpha value is -2.17. The highest BCUT2D eigenvalue weighted by molar-refractivity contribution is 5.79. The highest BCUT2D eigenvalue weighted by atomic mass is 16.5. The van der Waals surface area contributed by atoms with Crippen molar-refractivity contribution in [2.75, 3.05) is 13.1 Å². The molecule has 2 heterocycles. The molecule has 1 aliphatic heterocycles. The van der Waals surface area contributed by atoms with E-state index in [1.807, 2.05) is 17.9 Å². The van der Waals surface area contributed by atoms with Crippen LogP contribution in [0.2, 0.25) is 0 Å². The SMILES string of the molecule is Cc1noc(C2CCCN(C(=O)Cc3c(C)cccc3C)C2)n1. The molecule has 0 N–H and O–H groups in total. The lowest BCUT2D eigenvalue weighted by atomic mass is 9.96. The van der Waals surface area contributed by atoms with Gasteiger partial charge in [-0.2, -0.15) is 4.98 Å². The Bertz CT molecular complexity index is 688. The molecule has 3 rings (SSSR count). The van der Waals surface area contributed by atoms with E-state index in [1.54, 1.807) is 0 Å². The third-order valence-corrected chi connectivity index (χ3v) is 4.64. The van der Waals surface area contributed by atoms with Crippen LogP contribution >= 0.6 is 0 Å². The van der Waals surface area contributed by atoms with Gasteiger partial charge in [-0.05, 0) is 50.3 Å². The maximum Gasteiger partial charge on any atom is 0.231 e. The number of aryl methyl sites for hydroxylation is 3. The standard InChI is InChI=1S/C18H23N3O2/c1-12-6-4-7-13(2)16(12)10-17(22)21-9-5-8-15(11-21)18-19-14(3)20-23-18/h4,6-7,15H,5,8-11H2,1-3H3. The zero-order chi connectivity index (χ0) is 16.4. The maximum atomic E-state index is 12.7. The van der Waals surface area contributed by atoms with E-state index in [-0.39, 0.29) is 11.8 Å². The average Bonchev–Trinajstić information content (AvgIpc) is 2.97. The first-order chi connectivity index (χ1) is 11.0. The summed E-state index contributed by atoms with van der Waals surface area (Å²) in [6.07, 6.45) is 2.44. The van der Waals surface area contributed by atoms with Crippen molar-refractivity contribution in [3.05, 3.63) is 46.6 Å². The summed E-state index contributed by atoms with van der Waals surface area (Å²) in [4.78, 5) is 19.0. The van der Waals surface area contributed by atoms with Crippen LogP contribution < -0.4 is 0 Å². The lowest BCUT2D eigenvalue weighted by Crippen LogP contribution is -2.40. The van der Waals surface area contributed by atoms with Gasteiger partial charge in [0.15, 0.2) is 5.82 Å². The van der Waals surface area contributed by atoms with Gasteiger partial charge in [-0.3, -0.25) is 4.79 Å². The van der Waals surface area contributed by atoms with Gasteiger partial charge in [-0.1, -0.05) is 23.4 Å². The summed E-state index contributed by atoms with van der Waals surface area (Å²) in [5.41, 5.74) is 3.51. The highest BCUT2D eigenvalue weighted by Crippen LogP contribution is 2.26. The highest BCUT2D eigenvalue weighted by Gasteiger charge is 2.28. The van der Waals surface area contributed by atoms with E-state index >= 15 is 0 Å². The van der Waals surface area contributed by atoms with Crippen LogP contribution in [-0.4, -0.2) is 34.0 Å². The number of hydrogen-bond donors (Lipinski definition) is 0. The van der Waals surface area contributed by atoms with Crippen molar-refractivity contribution in [1.82, 2.24) is 15.0 Å². The van der Waals surface area contributed by atoms with Crippen molar-refractivity contribution < 1.29 is 9.32 Å². The molecule has 23 heavy (non-hydrogen) atoms. The first-order valence-electron chi connectivity index (χ1n) is 8.17. The summed E-state index contributed by atoms with van der Waals surface area (Å²) in [5, 5.41) is 3.86. The lowest BCUT2D eigenvalue weighted by Gasteiger charge is -2.31. The molecule has 0 saturated carbocycles. The number of likely N-dealkylation sites (tertiary alicyclic amines) is 1. The van der Waals surface area contributed by atoms with Gasteiger partial charge >= 0.3 is 0 Å². The molecular formula is C18H23N3O2. The van der Waals surface area contributed by atoms with Gasteiger partial charge in [0.2, 0.25) is 11.8 Å². The number of rotatable bonds is 3. The number of piperidine rings is 1. The molecule has 1 aromatic carbocycles. The zero-order valence-corrected chi connectivity index (χ0v) is 14.0. The molecule has 122 valence electrons. The first kappa shape index (κ1) is 15.7. The van der Waals surface area contributed by atoms with Crippen LogP contribution in [0, 0.1) is 20.8 Å². The molecule has 1 saturated heterocycles. The van der Waals surface area contributed by atoms with Crippen LogP contribution in [0.3, 0.4) is 0 Å². The van der Waals surface area contributed by atoms with Crippen LogP contribution in [0.25, 0.3) is 0 Å². The third kappa shape index (κ3) is 3.44. The van der Waals surface area contributed by atoms with E-state index < -0.39 is 0 Å².